The second-order valence-electron chi connectivity index (χ2n) is 4.98. The largest absolute Gasteiger partial charge is 0.270 e. The van der Waals surface area contributed by atoms with Crippen LogP contribution in [0.25, 0.3) is 6.08 Å². The molecular weight excluding hydrogens is 258 g/mol. The summed E-state index contributed by atoms with van der Waals surface area (Å²) in [5.41, 5.74) is 1.08. The number of nitro groups is 1. The predicted octanol–water partition coefficient (Wildman–Crippen LogP) is 4.53. The van der Waals surface area contributed by atoms with Crippen molar-refractivity contribution in [2.45, 2.75) is 30.9 Å². The lowest BCUT2D eigenvalue weighted by Crippen LogP contribution is -2.14. The maximum atomic E-state index is 10.7. The summed E-state index contributed by atoms with van der Waals surface area (Å²) in [4.78, 5) is 10.4. The van der Waals surface area contributed by atoms with Crippen molar-refractivity contribution < 1.29 is 4.92 Å². The second-order valence-corrected chi connectivity index (χ2v) is 6.12. The van der Waals surface area contributed by atoms with Crippen molar-refractivity contribution >= 4 is 23.5 Å². The smallest absolute Gasteiger partial charge is 0.258 e. The number of nitro benzene ring substituents is 1. The van der Waals surface area contributed by atoms with E-state index in [-0.39, 0.29) is 10.6 Å². The SMILES string of the molecule is CSC1CCC(/C=C/c2cccc([N+](=O)[O-])c2)CC1. The van der Waals surface area contributed by atoms with Crippen molar-refractivity contribution in [3.8, 4) is 0 Å². The molecule has 0 bridgehead atoms. The van der Waals surface area contributed by atoms with Crippen molar-refractivity contribution in [3.63, 3.8) is 0 Å². The molecule has 102 valence electrons. The Hall–Kier alpha value is -1.29. The van der Waals surface area contributed by atoms with Gasteiger partial charge in [-0.1, -0.05) is 24.3 Å². The van der Waals surface area contributed by atoms with Gasteiger partial charge in [0.25, 0.3) is 5.69 Å². The molecule has 1 aromatic carbocycles. The van der Waals surface area contributed by atoms with Crippen LogP contribution in [0.4, 0.5) is 5.69 Å². The van der Waals surface area contributed by atoms with Gasteiger partial charge in [-0.15, -0.1) is 0 Å². The molecule has 0 unspecified atom stereocenters. The highest BCUT2D eigenvalue weighted by Gasteiger charge is 2.18. The normalized spacial score (nSPS) is 23.6. The van der Waals surface area contributed by atoms with Gasteiger partial charge in [-0.2, -0.15) is 11.8 Å². The van der Waals surface area contributed by atoms with Gasteiger partial charge in [-0.3, -0.25) is 10.1 Å². The Kier molecular flexibility index (Phi) is 5.02. The van der Waals surface area contributed by atoms with Crippen LogP contribution in [0.5, 0.6) is 0 Å². The molecule has 0 atom stereocenters. The predicted molar refractivity (Wildman–Crippen MR) is 81.4 cm³/mol. The highest BCUT2D eigenvalue weighted by atomic mass is 32.2. The van der Waals surface area contributed by atoms with Crippen molar-refractivity contribution in [2.75, 3.05) is 6.26 Å². The Morgan fingerprint density at radius 3 is 2.68 bits per heavy atom. The average Bonchev–Trinajstić information content (AvgIpc) is 2.46. The highest BCUT2D eigenvalue weighted by molar-refractivity contribution is 7.99. The summed E-state index contributed by atoms with van der Waals surface area (Å²) in [6.45, 7) is 0. The first-order chi connectivity index (χ1) is 9.19. The molecule has 0 aromatic heterocycles. The molecule has 0 heterocycles. The van der Waals surface area contributed by atoms with E-state index < -0.39 is 0 Å². The summed E-state index contributed by atoms with van der Waals surface area (Å²) in [7, 11) is 0. The van der Waals surface area contributed by atoms with Gasteiger partial charge in [0, 0.05) is 17.4 Å². The molecule has 19 heavy (non-hydrogen) atoms. The minimum Gasteiger partial charge on any atom is -0.258 e. The maximum Gasteiger partial charge on any atom is 0.270 e. The van der Waals surface area contributed by atoms with Gasteiger partial charge in [0.2, 0.25) is 0 Å². The molecule has 0 amide bonds. The Morgan fingerprint density at radius 1 is 1.32 bits per heavy atom. The molecule has 0 radical (unpaired) electrons. The van der Waals surface area contributed by atoms with Crippen molar-refractivity contribution in [2.24, 2.45) is 5.92 Å². The van der Waals surface area contributed by atoms with Gasteiger partial charge >= 0.3 is 0 Å². The highest BCUT2D eigenvalue weighted by Crippen LogP contribution is 2.31. The number of rotatable bonds is 4. The lowest BCUT2D eigenvalue weighted by molar-refractivity contribution is -0.384. The van der Waals surface area contributed by atoms with Gasteiger partial charge in [-0.25, -0.2) is 0 Å². The standard InChI is InChI=1S/C15H19NO2S/c1-19-15-9-7-12(8-10-15)5-6-13-3-2-4-14(11-13)16(17)18/h2-6,11-12,15H,7-10H2,1H3/b6-5+. The van der Waals surface area contributed by atoms with E-state index in [4.69, 9.17) is 0 Å². The Bertz CT molecular complexity index is 465. The zero-order chi connectivity index (χ0) is 13.7. The summed E-state index contributed by atoms with van der Waals surface area (Å²) in [6, 6.07) is 6.81. The second kappa shape index (κ2) is 6.75. The summed E-state index contributed by atoms with van der Waals surface area (Å²) >= 11 is 1.97. The summed E-state index contributed by atoms with van der Waals surface area (Å²) in [5.74, 6) is 0.627. The maximum absolute atomic E-state index is 10.7. The minimum absolute atomic E-state index is 0.160. The van der Waals surface area contributed by atoms with Gasteiger partial charge in [-0.05, 0) is 43.4 Å². The number of allylic oxidation sites excluding steroid dienone is 1. The Morgan fingerprint density at radius 2 is 2.05 bits per heavy atom. The molecule has 3 nitrogen and oxygen atoms in total. The Labute approximate surface area is 118 Å². The lowest BCUT2D eigenvalue weighted by atomic mass is 9.88. The summed E-state index contributed by atoms with van der Waals surface area (Å²) in [5, 5.41) is 11.5. The number of benzene rings is 1. The van der Waals surface area contributed by atoms with Gasteiger partial charge < -0.3 is 0 Å². The molecule has 1 aromatic rings. The van der Waals surface area contributed by atoms with Crippen molar-refractivity contribution in [1.29, 1.82) is 0 Å². The molecule has 1 saturated carbocycles. The molecular formula is C15H19NO2S. The molecule has 0 spiro atoms. The number of hydrogen-bond acceptors (Lipinski definition) is 3. The van der Waals surface area contributed by atoms with Crippen LogP contribution in [-0.2, 0) is 0 Å². The lowest BCUT2D eigenvalue weighted by Gasteiger charge is -2.25. The van der Waals surface area contributed by atoms with Crippen LogP contribution in [-0.4, -0.2) is 16.4 Å². The number of hydrogen-bond donors (Lipinski definition) is 0. The molecule has 4 heteroatoms. The third-order valence-corrected chi connectivity index (χ3v) is 4.83. The quantitative estimate of drug-likeness (QED) is 0.600. The monoisotopic (exact) mass is 277 g/mol. The fourth-order valence-corrected chi connectivity index (χ4v) is 3.25. The van der Waals surface area contributed by atoms with Crippen molar-refractivity contribution in [1.82, 2.24) is 0 Å². The average molecular weight is 277 g/mol. The molecule has 0 aliphatic heterocycles. The van der Waals surface area contributed by atoms with E-state index in [1.54, 1.807) is 12.1 Å². The molecule has 1 fully saturated rings. The molecule has 2 rings (SSSR count). The first-order valence-corrected chi connectivity index (χ1v) is 7.93. The topological polar surface area (TPSA) is 43.1 Å². The van der Waals surface area contributed by atoms with E-state index in [0.717, 1.165) is 10.8 Å². The third kappa shape index (κ3) is 4.10. The van der Waals surface area contributed by atoms with Gasteiger partial charge in [0.15, 0.2) is 0 Å². The van der Waals surface area contributed by atoms with E-state index in [0.29, 0.717) is 5.92 Å². The van der Waals surface area contributed by atoms with Crippen molar-refractivity contribution in [3.05, 3.63) is 46.0 Å². The molecule has 1 aliphatic carbocycles. The van der Waals surface area contributed by atoms with Crippen LogP contribution in [0.2, 0.25) is 0 Å². The number of non-ortho nitro benzene ring substituents is 1. The zero-order valence-corrected chi connectivity index (χ0v) is 11.9. The van der Waals surface area contributed by atoms with Crippen LogP contribution in [0.15, 0.2) is 30.3 Å². The fourth-order valence-electron chi connectivity index (χ4n) is 2.51. The zero-order valence-electron chi connectivity index (χ0n) is 11.1. The Balaban J connectivity index is 1.95. The van der Waals surface area contributed by atoms with Gasteiger partial charge in [0.05, 0.1) is 4.92 Å². The van der Waals surface area contributed by atoms with Crippen LogP contribution in [0.1, 0.15) is 31.2 Å². The first kappa shape index (κ1) is 14.1. The minimum atomic E-state index is -0.346. The third-order valence-electron chi connectivity index (χ3n) is 3.69. The molecule has 0 N–H and O–H groups in total. The van der Waals surface area contributed by atoms with E-state index in [1.165, 1.54) is 31.7 Å². The van der Waals surface area contributed by atoms with Crippen LogP contribution in [0.3, 0.4) is 0 Å². The van der Waals surface area contributed by atoms with E-state index in [9.17, 15) is 10.1 Å². The summed E-state index contributed by atoms with van der Waals surface area (Å²) in [6.07, 6.45) is 11.5. The number of nitrogens with zero attached hydrogens (tertiary/aromatic N) is 1. The number of thioether (sulfide) groups is 1. The van der Waals surface area contributed by atoms with Crippen LogP contribution in [0, 0.1) is 16.0 Å². The van der Waals surface area contributed by atoms with E-state index in [2.05, 4.69) is 12.3 Å². The van der Waals surface area contributed by atoms with E-state index >= 15 is 0 Å². The summed E-state index contributed by atoms with van der Waals surface area (Å²) < 4.78 is 0. The molecule has 0 saturated heterocycles. The van der Waals surface area contributed by atoms with E-state index in [1.807, 2.05) is 23.9 Å². The van der Waals surface area contributed by atoms with Crippen LogP contribution < -0.4 is 0 Å². The van der Waals surface area contributed by atoms with Crippen LogP contribution >= 0.6 is 11.8 Å². The van der Waals surface area contributed by atoms with Gasteiger partial charge in [0.1, 0.15) is 0 Å². The first-order valence-electron chi connectivity index (χ1n) is 6.64. The fraction of sp³-hybridized carbons (Fsp3) is 0.467. The molecule has 1 aliphatic rings.